The molecule has 7 heteroatoms. The molecular formula is C24H30ClFN2O3. The average Bonchev–Trinajstić information content (AvgIpc) is 2.68. The second-order valence-electron chi connectivity index (χ2n) is 8.64. The Morgan fingerprint density at radius 2 is 1.97 bits per heavy atom. The summed E-state index contributed by atoms with van der Waals surface area (Å²) in [5.74, 6) is -0.918. The zero-order chi connectivity index (χ0) is 22.6. The quantitative estimate of drug-likeness (QED) is 0.573. The largest absolute Gasteiger partial charge is 0.466 e. The number of hydrogen-bond donors (Lipinski definition) is 2. The van der Waals surface area contributed by atoms with E-state index in [9.17, 15) is 14.3 Å². The number of aliphatic hydroxyl groups is 1. The summed E-state index contributed by atoms with van der Waals surface area (Å²) >= 11 is 5.99. The minimum atomic E-state index is -0.689. The van der Waals surface area contributed by atoms with Crippen LogP contribution in [0.1, 0.15) is 25.8 Å². The first-order valence-electron chi connectivity index (χ1n) is 10.6. The fourth-order valence-electron chi connectivity index (χ4n) is 4.15. The third kappa shape index (κ3) is 6.50. The van der Waals surface area contributed by atoms with E-state index < -0.39 is 5.60 Å². The number of likely N-dealkylation sites (tertiary alicyclic amines) is 1. The smallest absolute Gasteiger partial charge is 0.310 e. The van der Waals surface area contributed by atoms with Crippen LogP contribution < -0.4 is 5.73 Å². The SMILES string of the molecule is CCOC(=O)[C@@H](C[C@H](N)Cc1ccc(-c2cc(Cl)ccc2F)cc1)CN1CC(C)(O)C1. The number of benzene rings is 2. The Kier molecular flexibility index (Phi) is 7.70. The van der Waals surface area contributed by atoms with Gasteiger partial charge >= 0.3 is 5.97 Å². The predicted octanol–water partition coefficient (Wildman–Crippen LogP) is 3.65. The van der Waals surface area contributed by atoms with Gasteiger partial charge in [-0.2, -0.15) is 0 Å². The third-order valence-electron chi connectivity index (χ3n) is 5.51. The first-order chi connectivity index (χ1) is 14.7. The van der Waals surface area contributed by atoms with Gasteiger partial charge in [-0.15, -0.1) is 0 Å². The molecule has 2 atom stereocenters. The Morgan fingerprint density at radius 3 is 2.58 bits per heavy atom. The highest BCUT2D eigenvalue weighted by atomic mass is 35.5. The van der Waals surface area contributed by atoms with Crippen LogP contribution in [0.15, 0.2) is 42.5 Å². The van der Waals surface area contributed by atoms with Crippen molar-refractivity contribution < 1.29 is 19.0 Å². The summed E-state index contributed by atoms with van der Waals surface area (Å²) < 4.78 is 19.3. The summed E-state index contributed by atoms with van der Waals surface area (Å²) in [5.41, 5.74) is 7.88. The topological polar surface area (TPSA) is 75.8 Å². The fraction of sp³-hybridized carbons (Fsp3) is 0.458. The minimum Gasteiger partial charge on any atom is -0.466 e. The van der Waals surface area contributed by atoms with Gasteiger partial charge in [0, 0.05) is 36.3 Å². The van der Waals surface area contributed by atoms with E-state index in [4.69, 9.17) is 22.1 Å². The first kappa shape index (κ1) is 23.7. The highest BCUT2D eigenvalue weighted by Gasteiger charge is 2.38. The summed E-state index contributed by atoms with van der Waals surface area (Å²) in [4.78, 5) is 14.5. The van der Waals surface area contributed by atoms with Gasteiger partial charge in [0.25, 0.3) is 0 Å². The molecule has 1 saturated heterocycles. The molecule has 3 rings (SSSR count). The summed E-state index contributed by atoms with van der Waals surface area (Å²) in [6.45, 7) is 5.50. The number of carbonyl (C=O) groups is 1. The van der Waals surface area contributed by atoms with Crippen LogP contribution in [0.2, 0.25) is 5.02 Å². The van der Waals surface area contributed by atoms with Gasteiger partial charge in [0.15, 0.2) is 0 Å². The summed E-state index contributed by atoms with van der Waals surface area (Å²) in [5, 5.41) is 10.4. The Labute approximate surface area is 187 Å². The van der Waals surface area contributed by atoms with Crippen LogP contribution in [-0.4, -0.2) is 53.9 Å². The lowest BCUT2D eigenvalue weighted by Gasteiger charge is -2.45. The minimum absolute atomic E-state index is 0.232. The molecule has 0 bridgehead atoms. The maximum atomic E-state index is 14.1. The number of carbonyl (C=O) groups excluding carboxylic acids is 1. The lowest BCUT2D eigenvalue weighted by atomic mass is 9.91. The molecule has 0 unspecified atom stereocenters. The number of nitrogens with zero attached hydrogens (tertiary/aromatic N) is 1. The van der Waals surface area contributed by atoms with Gasteiger partial charge in [0.2, 0.25) is 0 Å². The maximum absolute atomic E-state index is 14.1. The van der Waals surface area contributed by atoms with Crippen LogP contribution in [0.3, 0.4) is 0 Å². The number of nitrogens with two attached hydrogens (primary N) is 1. The molecule has 0 aliphatic carbocycles. The zero-order valence-corrected chi connectivity index (χ0v) is 18.7. The Bertz CT molecular complexity index is 896. The van der Waals surface area contributed by atoms with Gasteiger partial charge in [-0.25, -0.2) is 4.39 Å². The molecule has 3 N–H and O–H groups in total. The van der Waals surface area contributed by atoms with Crippen LogP contribution >= 0.6 is 11.6 Å². The number of rotatable bonds is 9. The molecule has 0 saturated carbocycles. The van der Waals surface area contributed by atoms with Crippen molar-refractivity contribution in [1.29, 1.82) is 0 Å². The molecule has 2 aromatic carbocycles. The molecule has 5 nitrogen and oxygen atoms in total. The van der Waals surface area contributed by atoms with Crippen LogP contribution in [0, 0.1) is 11.7 Å². The van der Waals surface area contributed by atoms with Crippen LogP contribution in [-0.2, 0) is 16.0 Å². The van der Waals surface area contributed by atoms with Crippen molar-refractivity contribution in [3.63, 3.8) is 0 Å². The van der Waals surface area contributed by atoms with E-state index in [2.05, 4.69) is 0 Å². The van der Waals surface area contributed by atoms with E-state index in [1.807, 2.05) is 29.2 Å². The van der Waals surface area contributed by atoms with Crippen molar-refractivity contribution >= 4 is 17.6 Å². The Morgan fingerprint density at radius 1 is 1.29 bits per heavy atom. The summed E-state index contributed by atoms with van der Waals surface area (Å²) in [7, 11) is 0. The molecule has 0 aromatic heterocycles. The third-order valence-corrected chi connectivity index (χ3v) is 5.74. The molecule has 168 valence electrons. The number of ether oxygens (including phenoxy) is 1. The predicted molar refractivity (Wildman–Crippen MR) is 120 cm³/mol. The van der Waals surface area contributed by atoms with Crippen molar-refractivity contribution in [2.75, 3.05) is 26.2 Å². The van der Waals surface area contributed by atoms with Crippen molar-refractivity contribution in [3.8, 4) is 11.1 Å². The van der Waals surface area contributed by atoms with Gasteiger partial charge in [0.05, 0.1) is 18.1 Å². The van der Waals surface area contributed by atoms with Gasteiger partial charge in [-0.1, -0.05) is 35.9 Å². The van der Waals surface area contributed by atoms with E-state index >= 15 is 0 Å². The van der Waals surface area contributed by atoms with Crippen molar-refractivity contribution in [2.45, 2.75) is 38.3 Å². The van der Waals surface area contributed by atoms with E-state index in [1.54, 1.807) is 19.9 Å². The zero-order valence-electron chi connectivity index (χ0n) is 18.0. The molecular weight excluding hydrogens is 419 g/mol. The molecule has 1 aliphatic heterocycles. The van der Waals surface area contributed by atoms with Crippen molar-refractivity contribution in [3.05, 3.63) is 58.9 Å². The van der Waals surface area contributed by atoms with Gasteiger partial charge < -0.3 is 15.6 Å². The number of β-amino-alcohol motifs (C(OH)–C–C–N with tert-alkyl or cyclic N) is 1. The van der Waals surface area contributed by atoms with Crippen molar-refractivity contribution in [1.82, 2.24) is 4.90 Å². The molecule has 0 amide bonds. The number of hydrogen-bond acceptors (Lipinski definition) is 5. The van der Waals surface area contributed by atoms with Crippen LogP contribution in [0.5, 0.6) is 0 Å². The lowest BCUT2D eigenvalue weighted by molar-refractivity contribution is -0.152. The number of halogens is 2. The highest BCUT2D eigenvalue weighted by molar-refractivity contribution is 6.30. The molecule has 1 fully saturated rings. The second-order valence-corrected chi connectivity index (χ2v) is 9.07. The monoisotopic (exact) mass is 448 g/mol. The van der Waals surface area contributed by atoms with Crippen LogP contribution in [0.25, 0.3) is 11.1 Å². The van der Waals surface area contributed by atoms with Gasteiger partial charge in [0.1, 0.15) is 5.82 Å². The fourth-order valence-corrected chi connectivity index (χ4v) is 4.33. The maximum Gasteiger partial charge on any atom is 0.310 e. The van der Waals surface area contributed by atoms with E-state index in [0.717, 1.165) is 11.1 Å². The Hall–Kier alpha value is -1.99. The highest BCUT2D eigenvalue weighted by Crippen LogP contribution is 2.27. The van der Waals surface area contributed by atoms with E-state index in [1.165, 1.54) is 12.1 Å². The van der Waals surface area contributed by atoms with Gasteiger partial charge in [-0.05, 0) is 56.0 Å². The van der Waals surface area contributed by atoms with Crippen LogP contribution in [0.4, 0.5) is 4.39 Å². The average molecular weight is 449 g/mol. The Balaban J connectivity index is 1.61. The first-order valence-corrected chi connectivity index (χ1v) is 11.0. The second kappa shape index (κ2) is 10.1. The number of esters is 1. The lowest BCUT2D eigenvalue weighted by Crippen LogP contribution is -2.61. The molecule has 0 radical (unpaired) electrons. The van der Waals surface area contributed by atoms with E-state index in [-0.39, 0.29) is 23.7 Å². The molecule has 31 heavy (non-hydrogen) atoms. The molecule has 0 spiro atoms. The normalized spacial score (nSPS) is 17.6. The van der Waals surface area contributed by atoms with Crippen molar-refractivity contribution in [2.24, 2.45) is 11.7 Å². The van der Waals surface area contributed by atoms with Gasteiger partial charge in [-0.3, -0.25) is 9.69 Å². The summed E-state index contributed by atoms with van der Waals surface area (Å²) in [6, 6.07) is 11.8. The molecule has 1 aliphatic rings. The molecule has 1 heterocycles. The standard InChI is InChI=1S/C24H30ClFN2O3/c1-3-31-23(29)18(13-28-14-24(2,30)15-28)11-20(27)10-16-4-6-17(7-5-16)21-12-19(25)8-9-22(21)26/h4-9,12,18,20,30H,3,10-11,13-15,27H2,1-2H3/t18-,20+/m0/s1. The molecule has 2 aromatic rings. The van der Waals surface area contributed by atoms with E-state index in [0.29, 0.717) is 49.7 Å². The summed E-state index contributed by atoms with van der Waals surface area (Å²) in [6.07, 6.45) is 1.08.